The van der Waals surface area contributed by atoms with Gasteiger partial charge in [-0.2, -0.15) is 13.2 Å². The monoisotopic (exact) mass is 254 g/mol. The molecule has 1 N–H and O–H groups in total. The molecule has 2 amide bonds. The highest BCUT2D eigenvalue weighted by Gasteiger charge is 2.64. The summed E-state index contributed by atoms with van der Waals surface area (Å²) in [6.45, 7) is -1.04. The summed E-state index contributed by atoms with van der Waals surface area (Å²) in [4.78, 5) is 24.3. The van der Waals surface area contributed by atoms with E-state index in [1.807, 2.05) is 0 Å². The van der Waals surface area contributed by atoms with Gasteiger partial charge in [-0.3, -0.25) is 4.79 Å². The van der Waals surface area contributed by atoms with Crippen molar-refractivity contribution in [1.82, 2.24) is 9.80 Å². The lowest BCUT2D eigenvalue weighted by molar-refractivity contribution is -0.227. The molecular weight excluding hydrogens is 241 g/mol. The number of carbonyl (C=O) groups excluding carboxylic acids is 1. The summed E-state index contributed by atoms with van der Waals surface area (Å²) >= 11 is 0. The molecule has 17 heavy (non-hydrogen) atoms. The number of rotatable bonds is 1. The number of likely N-dealkylation sites (tertiary alicyclic amines) is 1. The maximum atomic E-state index is 12.8. The van der Waals surface area contributed by atoms with Crippen LogP contribution in [-0.4, -0.2) is 60.3 Å². The van der Waals surface area contributed by atoms with E-state index in [0.29, 0.717) is 0 Å². The van der Waals surface area contributed by atoms with Crippen molar-refractivity contribution in [2.24, 2.45) is 5.41 Å². The van der Waals surface area contributed by atoms with Gasteiger partial charge in [0.05, 0.1) is 0 Å². The first-order valence-electron chi connectivity index (χ1n) is 4.88. The van der Waals surface area contributed by atoms with Crippen molar-refractivity contribution < 1.29 is 27.9 Å². The molecule has 1 atom stereocenters. The SMILES string of the molecule is CN(C)C(=O)N1CCC(C(=O)O)(C(F)(F)F)C1. The Bertz CT molecular complexity index is 343. The molecule has 0 saturated carbocycles. The number of halogens is 3. The van der Waals surface area contributed by atoms with Crippen LogP contribution in [0, 0.1) is 5.41 Å². The summed E-state index contributed by atoms with van der Waals surface area (Å²) in [6.07, 6.45) is -5.47. The maximum absolute atomic E-state index is 12.8. The molecule has 1 rings (SSSR count). The van der Waals surface area contributed by atoms with E-state index in [0.717, 1.165) is 9.80 Å². The summed E-state index contributed by atoms with van der Waals surface area (Å²) in [5, 5.41) is 8.77. The minimum Gasteiger partial charge on any atom is -0.481 e. The van der Waals surface area contributed by atoms with E-state index in [1.54, 1.807) is 0 Å². The largest absolute Gasteiger partial charge is 0.481 e. The molecule has 1 aliphatic rings. The van der Waals surface area contributed by atoms with Gasteiger partial charge in [0.15, 0.2) is 5.41 Å². The fraction of sp³-hybridized carbons (Fsp3) is 0.778. The Kier molecular flexibility index (Phi) is 3.26. The fourth-order valence-electron chi connectivity index (χ4n) is 1.78. The smallest absolute Gasteiger partial charge is 0.406 e. The van der Waals surface area contributed by atoms with Crippen LogP contribution >= 0.6 is 0 Å². The molecule has 98 valence electrons. The second kappa shape index (κ2) is 4.08. The quantitative estimate of drug-likeness (QED) is 0.759. The van der Waals surface area contributed by atoms with E-state index in [-0.39, 0.29) is 6.54 Å². The number of hydrogen-bond acceptors (Lipinski definition) is 2. The van der Waals surface area contributed by atoms with E-state index >= 15 is 0 Å². The van der Waals surface area contributed by atoms with Crippen molar-refractivity contribution in [2.75, 3.05) is 27.2 Å². The average Bonchev–Trinajstić information content (AvgIpc) is 2.60. The third-order valence-electron chi connectivity index (χ3n) is 2.87. The zero-order chi connectivity index (χ0) is 13.4. The molecule has 1 saturated heterocycles. The van der Waals surface area contributed by atoms with Crippen molar-refractivity contribution >= 4 is 12.0 Å². The molecule has 1 heterocycles. The molecule has 0 aromatic rings. The van der Waals surface area contributed by atoms with Crippen LogP contribution in [0.25, 0.3) is 0 Å². The molecule has 1 fully saturated rings. The minimum absolute atomic E-state index is 0.206. The van der Waals surface area contributed by atoms with E-state index in [1.165, 1.54) is 14.1 Å². The number of aliphatic carboxylic acids is 1. The Morgan fingerprint density at radius 1 is 1.35 bits per heavy atom. The number of urea groups is 1. The minimum atomic E-state index is -4.86. The van der Waals surface area contributed by atoms with Gasteiger partial charge in [0.25, 0.3) is 0 Å². The zero-order valence-electron chi connectivity index (χ0n) is 9.41. The van der Waals surface area contributed by atoms with Crippen LogP contribution in [0.4, 0.5) is 18.0 Å². The number of nitrogens with zero attached hydrogens (tertiary/aromatic N) is 2. The highest BCUT2D eigenvalue weighted by Crippen LogP contribution is 2.45. The predicted octanol–water partition coefficient (Wildman–Crippen LogP) is 1.01. The van der Waals surface area contributed by atoms with E-state index in [9.17, 15) is 22.8 Å². The standard InChI is InChI=1S/C9H13F3N2O3/c1-13(2)7(17)14-4-3-8(5-14,6(15)16)9(10,11)12/h3-5H2,1-2H3,(H,15,16). The summed E-state index contributed by atoms with van der Waals surface area (Å²) < 4.78 is 38.3. The van der Waals surface area contributed by atoms with E-state index < -0.39 is 36.6 Å². The zero-order valence-corrected chi connectivity index (χ0v) is 9.41. The van der Waals surface area contributed by atoms with Crippen molar-refractivity contribution in [2.45, 2.75) is 12.6 Å². The van der Waals surface area contributed by atoms with Crippen LogP contribution in [0.5, 0.6) is 0 Å². The lowest BCUT2D eigenvalue weighted by atomic mass is 9.86. The Morgan fingerprint density at radius 2 is 1.88 bits per heavy atom. The van der Waals surface area contributed by atoms with Gasteiger partial charge in [-0.25, -0.2) is 4.79 Å². The first-order valence-corrected chi connectivity index (χ1v) is 4.88. The van der Waals surface area contributed by atoms with Gasteiger partial charge < -0.3 is 14.9 Å². The van der Waals surface area contributed by atoms with Gasteiger partial charge in [-0.15, -0.1) is 0 Å². The normalized spacial score (nSPS) is 24.9. The van der Waals surface area contributed by atoms with Gasteiger partial charge >= 0.3 is 18.2 Å². The Morgan fingerprint density at radius 3 is 2.18 bits per heavy atom. The van der Waals surface area contributed by atoms with Crippen molar-refractivity contribution in [3.05, 3.63) is 0 Å². The summed E-state index contributed by atoms with van der Waals surface area (Å²) in [7, 11) is 2.80. The van der Waals surface area contributed by atoms with Gasteiger partial charge in [0, 0.05) is 27.2 Å². The second-order valence-corrected chi connectivity index (χ2v) is 4.23. The number of carboxylic acid groups (broad SMARTS) is 1. The van der Waals surface area contributed by atoms with Gasteiger partial charge in [0.2, 0.25) is 0 Å². The van der Waals surface area contributed by atoms with Crippen LogP contribution in [0.2, 0.25) is 0 Å². The number of amides is 2. The third kappa shape index (κ3) is 2.16. The summed E-state index contributed by atoms with van der Waals surface area (Å²) in [6, 6.07) is -0.614. The molecule has 0 radical (unpaired) electrons. The first-order chi connectivity index (χ1) is 7.62. The Balaban J connectivity index is 2.95. The predicted molar refractivity (Wildman–Crippen MR) is 51.4 cm³/mol. The van der Waals surface area contributed by atoms with Crippen molar-refractivity contribution in [1.29, 1.82) is 0 Å². The maximum Gasteiger partial charge on any atom is 0.406 e. The molecular formula is C9H13F3N2O3. The topological polar surface area (TPSA) is 60.9 Å². The van der Waals surface area contributed by atoms with E-state index in [2.05, 4.69) is 0 Å². The second-order valence-electron chi connectivity index (χ2n) is 4.23. The molecule has 0 spiro atoms. The van der Waals surface area contributed by atoms with Crippen LogP contribution in [0.3, 0.4) is 0 Å². The Hall–Kier alpha value is -1.47. The number of hydrogen-bond donors (Lipinski definition) is 1. The first kappa shape index (κ1) is 13.6. The Labute approximate surface area is 95.8 Å². The molecule has 5 nitrogen and oxygen atoms in total. The van der Waals surface area contributed by atoms with Crippen LogP contribution < -0.4 is 0 Å². The molecule has 0 aromatic carbocycles. The van der Waals surface area contributed by atoms with Crippen LogP contribution in [0.1, 0.15) is 6.42 Å². The van der Waals surface area contributed by atoms with Crippen LogP contribution in [0.15, 0.2) is 0 Å². The molecule has 8 heteroatoms. The van der Waals surface area contributed by atoms with Gasteiger partial charge in [-0.1, -0.05) is 0 Å². The number of carboxylic acids is 1. The van der Waals surface area contributed by atoms with Crippen molar-refractivity contribution in [3.63, 3.8) is 0 Å². The van der Waals surface area contributed by atoms with Gasteiger partial charge in [0.1, 0.15) is 0 Å². The van der Waals surface area contributed by atoms with Crippen LogP contribution in [-0.2, 0) is 4.79 Å². The molecule has 1 aliphatic heterocycles. The fourth-order valence-corrected chi connectivity index (χ4v) is 1.78. The summed E-state index contributed by atoms with van der Waals surface area (Å²) in [5.74, 6) is -1.93. The van der Waals surface area contributed by atoms with Gasteiger partial charge in [-0.05, 0) is 6.42 Å². The third-order valence-corrected chi connectivity index (χ3v) is 2.87. The molecule has 1 unspecified atom stereocenters. The number of alkyl halides is 3. The highest BCUT2D eigenvalue weighted by molar-refractivity contribution is 5.80. The summed E-state index contributed by atoms with van der Waals surface area (Å²) in [5.41, 5.74) is -2.83. The lowest BCUT2D eigenvalue weighted by Crippen LogP contribution is -2.48. The van der Waals surface area contributed by atoms with E-state index in [4.69, 9.17) is 5.11 Å². The lowest BCUT2D eigenvalue weighted by Gasteiger charge is -2.28. The number of carbonyl (C=O) groups is 2. The molecule has 0 aromatic heterocycles. The molecule has 0 aliphatic carbocycles. The highest BCUT2D eigenvalue weighted by atomic mass is 19.4. The van der Waals surface area contributed by atoms with Crippen molar-refractivity contribution in [3.8, 4) is 0 Å². The average molecular weight is 254 g/mol. The molecule has 0 bridgehead atoms.